The van der Waals surface area contributed by atoms with Crippen molar-refractivity contribution in [1.29, 1.82) is 0 Å². The molecule has 0 radical (unpaired) electrons. The molecule has 118 valence electrons. The lowest BCUT2D eigenvalue weighted by atomic mass is 10.1. The van der Waals surface area contributed by atoms with Crippen LogP contribution in [0.4, 0.5) is 0 Å². The lowest BCUT2D eigenvalue weighted by molar-refractivity contribution is 0.492. The zero-order valence-electron chi connectivity index (χ0n) is 13.5. The number of rotatable bonds is 9. The molecule has 1 N–H and O–H groups in total. The minimum absolute atomic E-state index is 0.537. The molecule has 1 aromatic rings. The molecule has 2 aliphatic rings. The van der Waals surface area contributed by atoms with Gasteiger partial charge in [0.25, 0.3) is 0 Å². The molecule has 2 atom stereocenters. The van der Waals surface area contributed by atoms with E-state index in [1.807, 2.05) is 11.8 Å². The molecule has 0 spiro atoms. The van der Waals surface area contributed by atoms with E-state index in [1.165, 1.54) is 44.3 Å². The zero-order chi connectivity index (χ0) is 14.8. The maximum Gasteiger partial charge on any atom is 0.191 e. The van der Waals surface area contributed by atoms with E-state index in [0.29, 0.717) is 23.3 Å². The summed E-state index contributed by atoms with van der Waals surface area (Å²) < 4.78 is 2.46. The largest absolute Gasteiger partial charge is 0.313 e. The van der Waals surface area contributed by atoms with Crippen LogP contribution in [-0.4, -0.2) is 32.6 Å². The Morgan fingerprint density at radius 2 is 2.00 bits per heavy atom. The summed E-state index contributed by atoms with van der Waals surface area (Å²) in [5, 5.41) is 14.4. The summed E-state index contributed by atoms with van der Waals surface area (Å²) in [4.78, 5) is 0. The van der Waals surface area contributed by atoms with Crippen molar-refractivity contribution in [3.63, 3.8) is 0 Å². The Hall–Kier alpha value is -0.550. The summed E-state index contributed by atoms with van der Waals surface area (Å²) in [7, 11) is 0. The number of aromatic nitrogens is 3. The van der Waals surface area contributed by atoms with Crippen molar-refractivity contribution >= 4 is 11.8 Å². The van der Waals surface area contributed by atoms with E-state index in [-0.39, 0.29) is 0 Å². The molecule has 3 rings (SSSR count). The third kappa shape index (κ3) is 3.62. The summed E-state index contributed by atoms with van der Waals surface area (Å²) in [5.41, 5.74) is 0. The van der Waals surface area contributed by atoms with Crippen molar-refractivity contribution in [3.05, 3.63) is 5.82 Å². The third-order valence-electron chi connectivity index (χ3n) is 4.50. The fraction of sp³-hybridized carbons (Fsp3) is 0.875. The fourth-order valence-corrected chi connectivity index (χ4v) is 4.11. The summed E-state index contributed by atoms with van der Waals surface area (Å²) >= 11 is 1.91. The number of thioether (sulfide) groups is 1. The van der Waals surface area contributed by atoms with Crippen molar-refractivity contribution < 1.29 is 0 Å². The number of nitrogens with zero attached hydrogens (tertiary/aromatic N) is 3. The monoisotopic (exact) mass is 308 g/mol. The van der Waals surface area contributed by atoms with Gasteiger partial charge in [0.15, 0.2) is 5.16 Å². The van der Waals surface area contributed by atoms with Gasteiger partial charge in [0.05, 0.1) is 0 Å². The van der Waals surface area contributed by atoms with Gasteiger partial charge >= 0.3 is 0 Å². The molecule has 1 heterocycles. The summed E-state index contributed by atoms with van der Waals surface area (Å²) in [6.07, 6.45) is 7.59. The van der Waals surface area contributed by atoms with Crippen LogP contribution < -0.4 is 5.32 Å². The quantitative estimate of drug-likeness (QED) is 0.706. The molecule has 0 saturated heterocycles. The molecular weight excluding hydrogens is 280 g/mol. The Balaban J connectivity index is 1.68. The Bertz CT molecular complexity index is 465. The molecule has 2 unspecified atom stereocenters. The molecule has 5 heteroatoms. The number of hydrogen-bond acceptors (Lipinski definition) is 4. The zero-order valence-corrected chi connectivity index (χ0v) is 14.3. The molecule has 2 aliphatic carbocycles. The van der Waals surface area contributed by atoms with Crippen LogP contribution in [0.1, 0.15) is 77.1 Å². The third-order valence-corrected chi connectivity index (χ3v) is 5.69. The van der Waals surface area contributed by atoms with Gasteiger partial charge in [0.2, 0.25) is 0 Å². The summed E-state index contributed by atoms with van der Waals surface area (Å²) in [5.74, 6) is 1.96. The van der Waals surface area contributed by atoms with E-state index in [0.717, 1.165) is 11.7 Å². The van der Waals surface area contributed by atoms with Gasteiger partial charge in [-0.2, -0.15) is 0 Å². The second-order valence-electron chi connectivity index (χ2n) is 6.51. The molecule has 21 heavy (non-hydrogen) atoms. The molecule has 4 nitrogen and oxygen atoms in total. The van der Waals surface area contributed by atoms with Crippen molar-refractivity contribution in [2.24, 2.45) is 0 Å². The summed E-state index contributed by atoms with van der Waals surface area (Å²) in [6, 6.07) is 1.25. The highest BCUT2D eigenvalue weighted by Crippen LogP contribution is 2.46. The smallest absolute Gasteiger partial charge is 0.191 e. The minimum atomic E-state index is 0.537. The molecule has 1 aromatic heterocycles. The van der Waals surface area contributed by atoms with Crippen molar-refractivity contribution in [1.82, 2.24) is 20.1 Å². The van der Waals surface area contributed by atoms with Gasteiger partial charge in [-0.3, -0.25) is 0 Å². The average Bonchev–Trinajstić information content (AvgIpc) is 3.39. The van der Waals surface area contributed by atoms with Crippen molar-refractivity contribution in [2.45, 2.75) is 87.7 Å². The molecule has 2 fully saturated rings. The van der Waals surface area contributed by atoms with E-state index < -0.39 is 0 Å². The molecule has 0 amide bonds. The van der Waals surface area contributed by atoms with E-state index >= 15 is 0 Å². The van der Waals surface area contributed by atoms with E-state index in [9.17, 15) is 0 Å². The second kappa shape index (κ2) is 6.69. The van der Waals surface area contributed by atoms with E-state index in [1.54, 1.807) is 0 Å². The van der Waals surface area contributed by atoms with E-state index in [2.05, 4.69) is 40.9 Å². The normalized spacial score (nSPS) is 21.5. The Kier molecular flexibility index (Phi) is 4.89. The predicted octanol–water partition coefficient (Wildman–Crippen LogP) is 3.75. The van der Waals surface area contributed by atoms with Crippen LogP contribution in [0.25, 0.3) is 0 Å². The van der Waals surface area contributed by atoms with Gasteiger partial charge < -0.3 is 9.88 Å². The first kappa shape index (κ1) is 15.3. The maximum absolute atomic E-state index is 4.52. The standard InChI is InChI=1S/C16H28N4S/c1-4-10-17-14(5-2)11(3)21-16-19-18-15(12-6-7-12)20(16)13-8-9-13/h11-14,17H,4-10H2,1-3H3. The molecule has 2 saturated carbocycles. The lowest BCUT2D eigenvalue weighted by Crippen LogP contribution is -2.36. The second-order valence-corrected chi connectivity index (χ2v) is 7.85. The molecular formula is C16H28N4S. The van der Waals surface area contributed by atoms with Gasteiger partial charge in [0, 0.05) is 23.3 Å². The van der Waals surface area contributed by atoms with Gasteiger partial charge in [-0.05, 0) is 45.1 Å². The highest BCUT2D eigenvalue weighted by Gasteiger charge is 2.36. The van der Waals surface area contributed by atoms with Gasteiger partial charge in [-0.25, -0.2) is 0 Å². The Labute approximate surface area is 132 Å². The van der Waals surface area contributed by atoms with Crippen LogP contribution in [0.15, 0.2) is 5.16 Å². The minimum Gasteiger partial charge on any atom is -0.313 e. The van der Waals surface area contributed by atoms with Crippen molar-refractivity contribution in [2.75, 3.05) is 6.54 Å². The van der Waals surface area contributed by atoms with E-state index in [4.69, 9.17) is 0 Å². The topological polar surface area (TPSA) is 42.7 Å². The van der Waals surface area contributed by atoms with Crippen molar-refractivity contribution in [3.8, 4) is 0 Å². The average molecular weight is 308 g/mol. The highest BCUT2D eigenvalue weighted by atomic mass is 32.2. The van der Waals surface area contributed by atoms with Crippen LogP contribution in [0.2, 0.25) is 0 Å². The maximum atomic E-state index is 4.52. The van der Waals surface area contributed by atoms with Gasteiger partial charge in [-0.1, -0.05) is 32.5 Å². The van der Waals surface area contributed by atoms with Crippen LogP contribution in [0, 0.1) is 0 Å². The van der Waals surface area contributed by atoms with Crippen LogP contribution in [0.5, 0.6) is 0 Å². The fourth-order valence-electron chi connectivity index (χ4n) is 2.88. The summed E-state index contributed by atoms with van der Waals surface area (Å²) in [6.45, 7) is 7.92. The first-order valence-corrected chi connectivity index (χ1v) is 9.47. The Morgan fingerprint density at radius 3 is 2.57 bits per heavy atom. The van der Waals surface area contributed by atoms with Gasteiger partial charge in [-0.15, -0.1) is 10.2 Å². The number of hydrogen-bond donors (Lipinski definition) is 1. The lowest BCUT2D eigenvalue weighted by Gasteiger charge is -2.23. The highest BCUT2D eigenvalue weighted by molar-refractivity contribution is 7.99. The Morgan fingerprint density at radius 1 is 1.24 bits per heavy atom. The first-order valence-electron chi connectivity index (χ1n) is 8.59. The van der Waals surface area contributed by atoms with Crippen LogP contribution in [-0.2, 0) is 0 Å². The van der Waals surface area contributed by atoms with Crippen LogP contribution in [0.3, 0.4) is 0 Å². The van der Waals surface area contributed by atoms with Crippen LogP contribution >= 0.6 is 11.8 Å². The van der Waals surface area contributed by atoms with Gasteiger partial charge in [0.1, 0.15) is 5.82 Å². The molecule has 0 bridgehead atoms. The number of nitrogens with one attached hydrogen (secondary N) is 1. The molecule has 0 aliphatic heterocycles. The predicted molar refractivity (Wildman–Crippen MR) is 88.0 cm³/mol. The molecule has 0 aromatic carbocycles. The SMILES string of the molecule is CCCNC(CC)C(C)Sc1nnc(C2CC2)n1C1CC1. The first-order chi connectivity index (χ1) is 10.2.